The van der Waals surface area contributed by atoms with Crippen LogP contribution in [0, 0.1) is 17.2 Å². The fraction of sp³-hybridized carbons (Fsp3) is 0.577. The number of hydrogen-bond donors (Lipinski definition) is 3. The van der Waals surface area contributed by atoms with Crippen LogP contribution in [0.2, 0.25) is 0 Å². The lowest BCUT2D eigenvalue weighted by atomic mass is 9.71. The van der Waals surface area contributed by atoms with Crippen molar-refractivity contribution in [1.82, 2.24) is 4.57 Å². The highest BCUT2D eigenvalue weighted by atomic mass is 19.1. The van der Waals surface area contributed by atoms with Crippen molar-refractivity contribution in [2.24, 2.45) is 17.1 Å². The number of hydrogen-bond acceptors (Lipinski definition) is 8. The van der Waals surface area contributed by atoms with Crippen LogP contribution >= 0.6 is 0 Å². The molecule has 5 N–H and O–H groups in total. The van der Waals surface area contributed by atoms with E-state index in [1.54, 1.807) is 30.2 Å². The smallest absolute Gasteiger partial charge is 0.341 e. The summed E-state index contributed by atoms with van der Waals surface area (Å²) >= 11 is 0. The molecule has 0 amide bonds. The zero-order valence-electron chi connectivity index (χ0n) is 22.1. The molecule has 2 aromatic rings. The van der Waals surface area contributed by atoms with Gasteiger partial charge in [0.15, 0.2) is 11.6 Å². The summed E-state index contributed by atoms with van der Waals surface area (Å²) < 4.78 is 29.0. The Morgan fingerprint density at radius 2 is 1.84 bits per heavy atom. The molecule has 2 heterocycles. The first-order valence-electron chi connectivity index (χ1n) is 12.3. The molecule has 2 aliphatic rings. The summed E-state index contributed by atoms with van der Waals surface area (Å²) in [4.78, 5) is 39.5. The van der Waals surface area contributed by atoms with E-state index in [0.717, 1.165) is 12.8 Å². The van der Waals surface area contributed by atoms with Crippen LogP contribution in [0.5, 0.6) is 5.75 Å². The normalized spacial score (nSPS) is 21.7. The van der Waals surface area contributed by atoms with Crippen LogP contribution in [0.3, 0.4) is 0 Å². The van der Waals surface area contributed by atoms with Crippen molar-refractivity contribution in [2.45, 2.75) is 71.7 Å². The number of aromatic nitrogens is 1. The Kier molecular flexibility index (Phi) is 6.42. The number of fused-ring (bicyclic) bond motifs is 1. The number of ether oxygens (including phenoxy) is 2. The van der Waals surface area contributed by atoms with Crippen LogP contribution in [0.1, 0.15) is 70.3 Å². The predicted octanol–water partition coefficient (Wildman–Crippen LogP) is 3.24. The molecular formula is C26H35FN4O6. The van der Waals surface area contributed by atoms with Gasteiger partial charge < -0.3 is 35.5 Å². The van der Waals surface area contributed by atoms with Crippen molar-refractivity contribution in [3.8, 4) is 5.75 Å². The molecule has 0 radical (unpaired) electrons. The number of esters is 1. The fourth-order valence-corrected chi connectivity index (χ4v) is 5.24. The van der Waals surface area contributed by atoms with E-state index in [2.05, 4.69) is 0 Å². The highest BCUT2D eigenvalue weighted by molar-refractivity contribution is 6.03. The second kappa shape index (κ2) is 8.90. The Bertz CT molecular complexity index is 1340. The van der Waals surface area contributed by atoms with E-state index in [4.69, 9.17) is 20.9 Å². The van der Waals surface area contributed by atoms with E-state index >= 15 is 4.39 Å². The lowest BCUT2D eigenvalue weighted by molar-refractivity contribution is -0.166. The summed E-state index contributed by atoms with van der Waals surface area (Å²) in [5.74, 6) is -3.20. The van der Waals surface area contributed by atoms with Crippen molar-refractivity contribution in [3.05, 3.63) is 27.8 Å². The summed E-state index contributed by atoms with van der Waals surface area (Å²) in [6.45, 7) is 9.23. The van der Waals surface area contributed by atoms with Gasteiger partial charge in [-0.1, -0.05) is 13.8 Å². The van der Waals surface area contributed by atoms with Crippen LogP contribution in [-0.4, -0.2) is 47.0 Å². The third-order valence-corrected chi connectivity index (χ3v) is 7.39. The van der Waals surface area contributed by atoms with Gasteiger partial charge >= 0.3 is 11.9 Å². The van der Waals surface area contributed by atoms with Crippen molar-refractivity contribution < 1.29 is 28.6 Å². The van der Waals surface area contributed by atoms with Crippen molar-refractivity contribution in [1.29, 1.82) is 0 Å². The quantitative estimate of drug-likeness (QED) is 0.400. The average Bonchev–Trinajstić information content (AvgIpc) is 3.62. The number of carbonyl (C=O) groups is 2. The first kappa shape index (κ1) is 26.7. The van der Waals surface area contributed by atoms with Crippen molar-refractivity contribution in [3.63, 3.8) is 0 Å². The molecule has 2 fully saturated rings. The number of carbonyl (C=O) groups excluding carboxylic acids is 1. The van der Waals surface area contributed by atoms with E-state index in [9.17, 15) is 19.5 Å². The molecule has 1 aliphatic heterocycles. The number of anilines is 2. The third-order valence-electron chi connectivity index (χ3n) is 7.39. The van der Waals surface area contributed by atoms with Crippen LogP contribution in [0.25, 0.3) is 10.9 Å². The summed E-state index contributed by atoms with van der Waals surface area (Å²) in [7, 11) is 1.35. The molecule has 1 saturated heterocycles. The summed E-state index contributed by atoms with van der Waals surface area (Å²) in [5.41, 5.74) is 9.74. The van der Waals surface area contributed by atoms with Gasteiger partial charge in [-0.25, -0.2) is 9.18 Å². The largest absolute Gasteiger partial charge is 0.492 e. The minimum Gasteiger partial charge on any atom is -0.492 e. The Balaban J connectivity index is 1.91. The van der Waals surface area contributed by atoms with Crippen LogP contribution < -0.4 is 26.5 Å². The van der Waals surface area contributed by atoms with E-state index in [-0.39, 0.29) is 40.9 Å². The molecule has 1 saturated carbocycles. The number of nitrogens with two attached hydrogens (primary N) is 2. The van der Waals surface area contributed by atoms with E-state index in [1.807, 2.05) is 13.8 Å². The van der Waals surface area contributed by atoms with Gasteiger partial charge in [-0.3, -0.25) is 9.59 Å². The Hall–Kier alpha value is -3.34. The molecule has 2 unspecified atom stereocenters. The van der Waals surface area contributed by atoms with Gasteiger partial charge in [0.05, 0.1) is 35.8 Å². The van der Waals surface area contributed by atoms with Crippen LogP contribution in [0.4, 0.5) is 15.8 Å². The van der Waals surface area contributed by atoms with Gasteiger partial charge in [-0.15, -0.1) is 0 Å². The van der Waals surface area contributed by atoms with Gasteiger partial charge in [0.25, 0.3) is 0 Å². The number of aromatic carboxylic acids is 1. The molecule has 4 rings (SSSR count). The number of nitrogens with zero attached hydrogens (tertiary/aromatic N) is 2. The summed E-state index contributed by atoms with van der Waals surface area (Å²) in [5, 5.41) is 9.35. The minimum atomic E-state index is -1.42. The maximum absolute atomic E-state index is 16.0. The van der Waals surface area contributed by atoms with Gasteiger partial charge in [0, 0.05) is 24.2 Å². The highest BCUT2D eigenvalue weighted by Crippen LogP contribution is 2.49. The van der Waals surface area contributed by atoms with Crippen LogP contribution in [-0.2, 0) is 9.53 Å². The molecular weight excluding hydrogens is 483 g/mol. The standard InChI is InChI=1S/C26H35FN4O6/c1-25(2,3)37-23(35)14-9-10-30(24(29)26(14,4)5)19-16(27)17(28)15-18(21(19)36-6)31(12-7-8-12)11-13(20(15)32)22(33)34/h11-12,14,24H,7-10,28-29H2,1-6H3,(H,33,34). The van der Waals surface area contributed by atoms with Gasteiger partial charge in [0.2, 0.25) is 5.43 Å². The minimum absolute atomic E-state index is 0.0208. The maximum atomic E-state index is 16.0. The highest BCUT2D eigenvalue weighted by Gasteiger charge is 2.49. The zero-order valence-corrected chi connectivity index (χ0v) is 22.1. The molecule has 2 atom stereocenters. The van der Waals surface area contributed by atoms with Gasteiger partial charge in [-0.05, 0) is 40.0 Å². The second-order valence-corrected chi connectivity index (χ2v) is 11.5. The SMILES string of the molecule is COc1c(N2CCC(C(=O)OC(C)(C)C)C(C)(C)C2N)c(F)c(N)c2c(=O)c(C(=O)O)cn(C3CC3)c12. The number of carboxylic acid groups (broad SMARTS) is 1. The molecule has 1 aromatic heterocycles. The molecule has 202 valence electrons. The number of pyridine rings is 1. The Morgan fingerprint density at radius 1 is 1.22 bits per heavy atom. The zero-order chi connectivity index (χ0) is 27.6. The number of carboxylic acids is 1. The number of nitrogen functional groups attached to an aromatic ring is 1. The Labute approximate surface area is 214 Å². The molecule has 0 bridgehead atoms. The van der Waals surface area contributed by atoms with Gasteiger partial charge in [0.1, 0.15) is 16.9 Å². The topological polar surface area (TPSA) is 150 Å². The van der Waals surface area contributed by atoms with Gasteiger partial charge in [-0.2, -0.15) is 0 Å². The molecule has 0 spiro atoms. The van der Waals surface area contributed by atoms with Crippen molar-refractivity contribution >= 4 is 34.2 Å². The monoisotopic (exact) mass is 518 g/mol. The second-order valence-electron chi connectivity index (χ2n) is 11.5. The third kappa shape index (κ3) is 4.39. The predicted molar refractivity (Wildman–Crippen MR) is 137 cm³/mol. The Morgan fingerprint density at radius 3 is 2.35 bits per heavy atom. The molecule has 1 aliphatic carbocycles. The fourth-order valence-electron chi connectivity index (χ4n) is 5.24. The number of benzene rings is 1. The number of rotatable bonds is 5. The first-order chi connectivity index (χ1) is 17.1. The molecule has 37 heavy (non-hydrogen) atoms. The molecule has 11 heteroatoms. The van der Waals surface area contributed by atoms with Crippen molar-refractivity contribution in [2.75, 3.05) is 24.3 Å². The van der Waals surface area contributed by atoms with E-state index in [0.29, 0.717) is 6.42 Å². The lowest BCUT2D eigenvalue weighted by Crippen LogP contribution is -2.61. The molecule has 10 nitrogen and oxygen atoms in total. The summed E-state index contributed by atoms with van der Waals surface area (Å²) in [6.07, 6.45) is 2.30. The molecule has 1 aromatic carbocycles. The van der Waals surface area contributed by atoms with E-state index < -0.39 is 51.6 Å². The maximum Gasteiger partial charge on any atom is 0.341 e. The average molecular weight is 519 g/mol. The first-order valence-corrected chi connectivity index (χ1v) is 12.3. The number of halogens is 1. The lowest BCUT2D eigenvalue weighted by Gasteiger charge is -2.49. The number of methoxy groups -OCH3 is 1. The van der Waals surface area contributed by atoms with Crippen LogP contribution in [0.15, 0.2) is 11.0 Å². The number of piperidine rings is 1. The summed E-state index contributed by atoms with van der Waals surface area (Å²) in [6, 6.07) is -0.0733. The van der Waals surface area contributed by atoms with E-state index in [1.165, 1.54) is 13.3 Å².